The van der Waals surface area contributed by atoms with Gasteiger partial charge in [0.25, 0.3) is 5.91 Å². The van der Waals surface area contributed by atoms with Crippen LogP contribution in [0.2, 0.25) is 0 Å². The summed E-state index contributed by atoms with van der Waals surface area (Å²) in [4.78, 5) is 28.2. The monoisotopic (exact) mass is 422 g/mol. The number of amides is 2. The van der Waals surface area contributed by atoms with Gasteiger partial charge >= 0.3 is 0 Å². The fraction of sp³-hybridized carbons (Fsp3) is 0.440. The van der Waals surface area contributed by atoms with Gasteiger partial charge in [-0.2, -0.15) is 0 Å². The van der Waals surface area contributed by atoms with Gasteiger partial charge in [-0.1, -0.05) is 32.0 Å². The number of rotatable bonds is 4. The minimum absolute atomic E-state index is 0.0266. The van der Waals surface area contributed by atoms with Crippen LogP contribution in [-0.2, 0) is 4.79 Å². The standard InChI is InChI=1S/C25H30N2O4/c1-16-12-17(2)15-27(14-16)25(29)20-6-4-5-7-21(20)26-24(28)18(3)19-8-9-22-23(13-19)31-11-10-30-22/h4-9,13,16-18H,10-12,14-15H2,1-3H3,(H,26,28). The van der Waals surface area contributed by atoms with Gasteiger partial charge in [-0.25, -0.2) is 0 Å². The first-order valence-electron chi connectivity index (χ1n) is 11.0. The van der Waals surface area contributed by atoms with E-state index in [2.05, 4.69) is 19.2 Å². The zero-order valence-electron chi connectivity index (χ0n) is 18.4. The Bertz CT molecular complexity index is 964. The third-order valence-corrected chi connectivity index (χ3v) is 6.03. The molecule has 1 saturated heterocycles. The average molecular weight is 423 g/mol. The summed E-state index contributed by atoms with van der Waals surface area (Å²) in [5.74, 6) is 1.71. The second-order valence-electron chi connectivity index (χ2n) is 8.82. The van der Waals surface area contributed by atoms with Gasteiger partial charge in [0.1, 0.15) is 13.2 Å². The number of likely N-dealkylation sites (tertiary alicyclic amines) is 1. The van der Waals surface area contributed by atoms with E-state index >= 15 is 0 Å². The maximum absolute atomic E-state index is 13.2. The summed E-state index contributed by atoms with van der Waals surface area (Å²) >= 11 is 0. The molecule has 0 spiro atoms. The molecule has 0 saturated carbocycles. The van der Waals surface area contributed by atoms with E-state index in [9.17, 15) is 9.59 Å². The fourth-order valence-electron chi connectivity index (χ4n) is 4.50. The first-order valence-corrected chi connectivity index (χ1v) is 11.0. The molecule has 3 atom stereocenters. The molecule has 2 amide bonds. The molecule has 2 heterocycles. The van der Waals surface area contributed by atoms with Crippen LogP contribution in [0.5, 0.6) is 11.5 Å². The van der Waals surface area contributed by atoms with E-state index in [-0.39, 0.29) is 11.8 Å². The molecule has 2 aromatic rings. The van der Waals surface area contributed by atoms with Crippen LogP contribution in [-0.4, -0.2) is 43.0 Å². The van der Waals surface area contributed by atoms with Crippen molar-refractivity contribution in [2.45, 2.75) is 33.1 Å². The lowest BCUT2D eigenvalue weighted by Crippen LogP contribution is -2.42. The zero-order chi connectivity index (χ0) is 22.0. The number of carbonyl (C=O) groups excluding carboxylic acids is 2. The van der Waals surface area contributed by atoms with Crippen LogP contribution < -0.4 is 14.8 Å². The number of piperidine rings is 1. The number of anilines is 1. The summed E-state index contributed by atoms with van der Waals surface area (Å²) in [5.41, 5.74) is 1.92. The van der Waals surface area contributed by atoms with Gasteiger partial charge in [0, 0.05) is 13.1 Å². The lowest BCUT2D eigenvalue weighted by molar-refractivity contribution is -0.117. The van der Waals surface area contributed by atoms with Gasteiger partial charge in [-0.15, -0.1) is 0 Å². The summed E-state index contributed by atoms with van der Waals surface area (Å²) < 4.78 is 11.2. The predicted molar refractivity (Wildman–Crippen MR) is 120 cm³/mol. The van der Waals surface area contributed by atoms with E-state index in [1.165, 1.54) is 0 Å². The highest BCUT2D eigenvalue weighted by atomic mass is 16.6. The topological polar surface area (TPSA) is 67.9 Å². The SMILES string of the molecule is CC1CC(C)CN(C(=O)c2ccccc2NC(=O)C(C)c2ccc3c(c2)OCCO3)C1. The molecule has 164 valence electrons. The molecule has 4 rings (SSSR count). The van der Waals surface area contributed by atoms with Crippen molar-refractivity contribution in [3.63, 3.8) is 0 Å². The lowest BCUT2D eigenvalue weighted by Gasteiger charge is -2.35. The van der Waals surface area contributed by atoms with Crippen LogP contribution in [0.15, 0.2) is 42.5 Å². The number of nitrogens with one attached hydrogen (secondary N) is 1. The van der Waals surface area contributed by atoms with Crippen LogP contribution in [0.25, 0.3) is 0 Å². The largest absolute Gasteiger partial charge is 0.486 e. The fourth-order valence-corrected chi connectivity index (χ4v) is 4.50. The van der Waals surface area contributed by atoms with Gasteiger partial charge in [0.15, 0.2) is 11.5 Å². The Hall–Kier alpha value is -3.02. The molecule has 0 aromatic heterocycles. The Kier molecular flexibility index (Phi) is 6.16. The number of benzene rings is 2. The van der Waals surface area contributed by atoms with Gasteiger partial charge in [-0.3, -0.25) is 9.59 Å². The van der Waals surface area contributed by atoms with E-state index in [1.807, 2.05) is 42.2 Å². The van der Waals surface area contributed by atoms with E-state index < -0.39 is 5.92 Å². The second-order valence-corrected chi connectivity index (χ2v) is 8.82. The maximum atomic E-state index is 13.2. The van der Waals surface area contributed by atoms with Crippen LogP contribution in [0.1, 0.15) is 49.0 Å². The van der Waals surface area contributed by atoms with Crippen LogP contribution in [0, 0.1) is 11.8 Å². The molecule has 2 aliphatic rings. The smallest absolute Gasteiger partial charge is 0.255 e. The van der Waals surface area contributed by atoms with Crippen molar-refractivity contribution in [1.82, 2.24) is 4.90 Å². The number of fused-ring (bicyclic) bond motifs is 1. The Balaban J connectivity index is 1.50. The molecule has 6 nitrogen and oxygen atoms in total. The Morgan fingerprint density at radius 2 is 1.68 bits per heavy atom. The lowest BCUT2D eigenvalue weighted by atomic mass is 9.91. The third-order valence-electron chi connectivity index (χ3n) is 6.03. The Labute approximate surface area is 183 Å². The molecule has 6 heteroatoms. The van der Waals surface area contributed by atoms with Gasteiger partial charge in [0.05, 0.1) is 17.2 Å². The van der Waals surface area contributed by atoms with E-state index in [4.69, 9.17) is 9.47 Å². The molecule has 0 bridgehead atoms. The molecule has 31 heavy (non-hydrogen) atoms. The van der Waals surface area contributed by atoms with E-state index in [0.29, 0.717) is 47.8 Å². The Morgan fingerprint density at radius 1 is 1.00 bits per heavy atom. The van der Waals surface area contributed by atoms with E-state index in [1.54, 1.807) is 12.1 Å². The molecule has 0 radical (unpaired) electrons. The van der Waals surface area contributed by atoms with Crippen molar-refractivity contribution < 1.29 is 19.1 Å². The molecule has 1 N–H and O–H groups in total. The number of carbonyl (C=O) groups is 2. The summed E-state index contributed by atoms with van der Waals surface area (Å²) in [7, 11) is 0. The van der Waals surface area contributed by atoms with Crippen molar-refractivity contribution >= 4 is 17.5 Å². The summed E-state index contributed by atoms with van der Waals surface area (Å²) in [6, 6.07) is 12.8. The minimum Gasteiger partial charge on any atom is -0.486 e. The van der Waals surface area contributed by atoms with Crippen LogP contribution in [0.3, 0.4) is 0 Å². The zero-order valence-corrected chi connectivity index (χ0v) is 18.4. The molecule has 1 fully saturated rings. The number of hydrogen-bond acceptors (Lipinski definition) is 4. The van der Waals surface area contributed by atoms with Crippen molar-refractivity contribution in [3.05, 3.63) is 53.6 Å². The number of para-hydroxylation sites is 1. The number of hydrogen-bond donors (Lipinski definition) is 1. The number of ether oxygens (including phenoxy) is 2. The predicted octanol–water partition coefficient (Wildman–Crippen LogP) is 4.32. The number of nitrogens with zero attached hydrogens (tertiary/aromatic N) is 1. The first kappa shape index (κ1) is 21.2. The van der Waals surface area contributed by atoms with Gasteiger partial charge in [-0.05, 0) is 55.0 Å². The molecular weight excluding hydrogens is 392 g/mol. The molecular formula is C25H30N2O4. The average Bonchev–Trinajstić information content (AvgIpc) is 2.77. The quantitative estimate of drug-likeness (QED) is 0.797. The molecule has 2 aliphatic heterocycles. The Morgan fingerprint density at radius 3 is 2.42 bits per heavy atom. The van der Waals surface area contributed by atoms with Gasteiger partial charge in [0.2, 0.25) is 5.91 Å². The van der Waals surface area contributed by atoms with E-state index in [0.717, 1.165) is 25.1 Å². The van der Waals surface area contributed by atoms with Crippen molar-refractivity contribution in [2.24, 2.45) is 11.8 Å². The summed E-state index contributed by atoms with van der Waals surface area (Å²) in [6.45, 7) is 8.73. The van der Waals surface area contributed by atoms with Crippen molar-refractivity contribution in [2.75, 3.05) is 31.6 Å². The van der Waals surface area contributed by atoms with Gasteiger partial charge < -0.3 is 19.7 Å². The van der Waals surface area contributed by atoms with Crippen molar-refractivity contribution in [1.29, 1.82) is 0 Å². The normalized spacial score (nSPS) is 21.3. The molecule has 3 unspecified atom stereocenters. The second kappa shape index (κ2) is 9.00. The summed E-state index contributed by atoms with van der Waals surface area (Å²) in [5, 5.41) is 2.97. The minimum atomic E-state index is -0.408. The summed E-state index contributed by atoms with van der Waals surface area (Å²) in [6.07, 6.45) is 1.13. The molecule has 2 aromatic carbocycles. The van der Waals surface area contributed by atoms with Crippen LogP contribution >= 0.6 is 0 Å². The van der Waals surface area contributed by atoms with Crippen LogP contribution in [0.4, 0.5) is 5.69 Å². The first-order chi connectivity index (χ1) is 14.9. The third kappa shape index (κ3) is 4.68. The van der Waals surface area contributed by atoms with Crippen molar-refractivity contribution in [3.8, 4) is 11.5 Å². The highest BCUT2D eigenvalue weighted by Crippen LogP contribution is 2.33. The highest BCUT2D eigenvalue weighted by Gasteiger charge is 2.28. The maximum Gasteiger partial charge on any atom is 0.255 e. The molecule has 0 aliphatic carbocycles. The highest BCUT2D eigenvalue weighted by molar-refractivity contribution is 6.05.